The molecule has 0 saturated carbocycles. The molecule has 0 heterocycles. The largest absolute Gasteiger partial charge is 0.466 e. The van der Waals surface area contributed by atoms with E-state index in [0.717, 1.165) is 6.08 Å². The normalized spacial score (nSPS) is 10.4. The van der Waals surface area contributed by atoms with Crippen LogP contribution in [0.3, 0.4) is 0 Å². The van der Waals surface area contributed by atoms with Crippen LogP contribution >= 0.6 is 11.6 Å². The summed E-state index contributed by atoms with van der Waals surface area (Å²) in [5, 5.41) is 11.7. The van der Waals surface area contributed by atoms with Crippen LogP contribution in [0.5, 0.6) is 0 Å². The van der Waals surface area contributed by atoms with E-state index in [-0.39, 0.29) is 10.7 Å². The second-order valence-corrected chi connectivity index (χ2v) is 3.91. The lowest BCUT2D eigenvalue weighted by Crippen LogP contribution is -2.15. The number of anilines is 1. The maximum atomic E-state index is 11.6. The number of ether oxygens (including phenoxy) is 2. The van der Waals surface area contributed by atoms with E-state index >= 15 is 0 Å². The van der Waals surface area contributed by atoms with Crippen LogP contribution in [-0.2, 0) is 19.1 Å². The highest BCUT2D eigenvalue weighted by Gasteiger charge is 2.14. The van der Waals surface area contributed by atoms with Crippen LogP contribution in [-0.4, -0.2) is 26.2 Å². The van der Waals surface area contributed by atoms with Crippen LogP contribution in [0.15, 0.2) is 30.0 Å². The Morgan fingerprint density at radius 3 is 2.60 bits per heavy atom. The highest BCUT2D eigenvalue weighted by Crippen LogP contribution is 2.24. The van der Waals surface area contributed by atoms with Crippen molar-refractivity contribution in [2.45, 2.75) is 0 Å². The van der Waals surface area contributed by atoms with Crippen molar-refractivity contribution in [3.8, 4) is 6.07 Å². The van der Waals surface area contributed by atoms with Crippen molar-refractivity contribution in [3.05, 3.63) is 40.6 Å². The summed E-state index contributed by atoms with van der Waals surface area (Å²) in [7, 11) is 2.35. The molecule has 20 heavy (non-hydrogen) atoms. The number of rotatable bonds is 4. The molecule has 0 bridgehead atoms. The summed E-state index contributed by atoms with van der Waals surface area (Å²) in [6.07, 6.45) is 0.932. The first kappa shape index (κ1) is 15.5. The van der Waals surface area contributed by atoms with E-state index in [0.29, 0.717) is 11.3 Å². The van der Waals surface area contributed by atoms with E-state index < -0.39 is 11.9 Å². The van der Waals surface area contributed by atoms with Gasteiger partial charge in [-0.15, -0.1) is 0 Å². The molecule has 0 aliphatic rings. The average Bonchev–Trinajstić information content (AvgIpc) is 2.47. The number of halogens is 1. The lowest BCUT2D eigenvalue weighted by Gasteiger charge is -2.10. The second-order valence-electron chi connectivity index (χ2n) is 3.50. The predicted molar refractivity (Wildman–Crippen MR) is 71.9 cm³/mol. The predicted octanol–water partition coefficient (Wildman–Crippen LogP) is 1.85. The first-order chi connectivity index (χ1) is 9.51. The molecule has 7 heteroatoms. The molecule has 0 fully saturated rings. The van der Waals surface area contributed by atoms with Crippen molar-refractivity contribution in [2.24, 2.45) is 0 Å². The van der Waals surface area contributed by atoms with Gasteiger partial charge in [0.25, 0.3) is 0 Å². The number of carbonyl (C=O) groups excluding carboxylic acids is 2. The zero-order chi connectivity index (χ0) is 15.1. The van der Waals surface area contributed by atoms with Gasteiger partial charge in [0, 0.05) is 0 Å². The van der Waals surface area contributed by atoms with E-state index in [4.69, 9.17) is 16.9 Å². The van der Waals surface area contributed by atoms with Crippen molar-refractivity contribution in [2.75, 3.05) is 19.5 Å². The Balaban J connectivity index is 3.14. The topological polar surface area (TPSA) is 88.4 Å². The summed E-state index contributed by atoms with van der Waals surface area (Å²) in [5.41, 5.74) is 0.488. The molecule has 1 aromatic carbocycles. The third-order valence-corrected chi connectivity index (χ3v) is 2.56. The van der Waals surface area contributed by atoms with E-state index in [9.17, 15) is 9.59 Å². The van der Waals surface area contributed by atoms with Crippen LogP contribution in [0.4, 0.5) is 5.69 Å². The molecule has 0 unspecified atom stereocenters. The zero-order valence-electron chi connectivity index (χ0n) is 10.8. The molecule has 0 spiro atoms. The first-order valence-corrected chi connectivity index (χ1v) is 5.74. The number of nitrogens with zero attached hydrogens (tertiary/aromatic N) is 1. The van der Waals surface area contributed by atoms with E-state index in [1.54, 1.807) is 0 Å². The molecular formula is C13H11ClN2O4. The molecule has 0 aliphatic heterocycles. The molecule has 0 saturated heterocycles. The molecule has 0 amide bonds. The highest BCUT2D eigenvalue weighted by molar-refractivity contribution is 6.33. The van der Waals surface area contributed by atoms with E-state index in [1.165, 1.54) is 32.4 Å². The average molecular weight is 295 g/mol. The van der Waals surface area contributed by atoms with E-state index in [1.807, 2.05) is 6.07 Å². The summed E-state index contributed by atoms with van der Waals surface area (Å²) in [4.78, 5) is 22.8. The molecule has 0 aliphatic carbocycles. The smallest absolute Gasteiger partial charge is 0.354 e. The molecule has 1 aromatic rings. The molecule has 104 valence electrons. The third-order valence-electron chi connectivity index (χ3n) is 2.23. The van der Waals surface area contributed by atoms with Gasteiger partial charge in [0.1, 0.15) is 5.70 Å². The molecule has 0 aromatic heterocycles. The Morgan fingerprint density at radius 1 is 1.35 bits per heavy atom. The summed E-state index contributed by atoms with van der Waals surface area (Å²) in [6, 6.07) is 6.40. The Hall–Kier alpha value is -2.52. The number of hydrogen-bond acceptors (Lipinski definition) is 6. The number of esters is 2. The summed E-state index contributed by atoms with van der Waals surface area (Å²) >= 11 is 5.95. The fourth-order valence-corrected chi connectivity index (χ4v) is 1.43. The van der Waals surface area contributed by atoms with Crippen LogP contribution in [0, 0.1) is 11.3 Å². The fourth-order valence-electron chi connectivity index (χ4n) is 1.27. The lowest BCUT2D eigenvalue weighted by molar-refractivity contribution is -0.138. The molecule has 0 atom stereocenters. The van der Waals surface area contributed by atoms with Gasteiger partial charge in [-0.2, -0.15) is 5.26 Å². The Kier molecular flexibility index (Phi) is 5.56. The van der Waals surface area contributed by atoms with Crippen LogP contribution in [0.25, 0.3) is 0 Å². The van der Waals surface area contributed by atoms with Gasteiger partial charge < -0.3 is 14.8 Å². The standard InChI is InChI=1S/C13H11ClN2O4/c1-19-12(17)6-11(13(18)20-2)16-10-5-8(7-15)3-4-9(10)14/h3-6,16H,1-2H3/b11-6+. The van der Waals surface area contributed by atoms with Gasteiger partial charge >= 0.3 is 11.9 Å². The fraction of sp³-hybridized carbons (Fsp3) is 0.154. The van der Waals surface area contributed by atoms with Gasteiger partial charge in [-0.3, -0.25) is 0 Å². The molecular weight excluding hydrogens is 284 g/mol. The van der Waals surface area contributed by atoms with Crippen LogP contribution in [0.1, 0.15) is 5.56 Å². The number of benzene rings is 1. The Labute approximate surface area is 120 Å². The van der Waals surface area contributed by atoms with Crippen molar-refractivity contribution < 1.29 is 19.1 Å². The second kappa shape index (κ2) is 7.16. The maximum Gasteiger partial charge on any atom is 0.354 e. The SMILES string of the molecule is COC(=O)/C=C(/Nc1cc(C#N)ccc1Cl)C(=O)OC. The molecule has 1 rings (SSSR count). The number of nitriles is 1. The highest BCUT2D eigenvalue weighted by atomic mass is 35.5. The Morgan fingerprint density at radius 2 is 2.05 bits per heavy atom. The first-order valence-electron chi connectivity index (χ1n) is 5.36. The minimum atomic E-state index is -0.770. The third kappa shape index (κ3) is 4.00. The van der Waals surface area contributed by atoms with Gasteiger partial charge in [0.05, 0.1) is 42.6 Å². The molecule has 1 N–H and O–H groups in total. The number of nitrogens with one attached hydrogen (secondary N) is 1. The lowest BCUT2D eigenvalue weighted by atomic mass is 10.2. The van der Waals surface area contributed by atoms with Crippen molar-refractivity contribution in [1.82, 2.24) is 0 Å². The van der Waals surface area contributed by atoms with E-state index in [2.05, 4.69) is 14.8 Å². The minimum Gasteiger partial charge on any atom is -0.466 e. The maximum absolute atomic E-state index is 11.6. The van der Waals surface area contributed by atoms with Crippen molar-refractivity contribution in [3.63, 3.8) is 0 Å². The summed E-state index contributed by atoms with van der Waals surface area (Å²) < 4.78 is 8.98. The minimum absolute atomic E-state index is 0.156. The van der Waals surface area contributed by atoms with Crippen molar-refractivity contribution in [1.29, 1.82) is 5.26 Å². The van der Waals surface area contributed by atoms with Crippen molar-refractivity contribution >= 4 is 29.2 Å². The monoisotopic (exact) mass is 294 g/mol. The van der Waals surface area contributed by atoms with Gasteiger partial charge in [-0.25, -0.2) is 9.59 Å². The molecule has 6 nitrogen and oxygen atoms in total. The zero-order valence-corrected chi connectivity index (χ0v) is 11.5. The van der Waals surface area contributed by atoms with Gasteiger partial charge in [0.2, 0.25) is 0 Å². The molecule has 0 radical (unpaired) electrons. The number of carbonyl (C=O) groups is 2. The van der Waals surface area contributed by atoms with Gasteiger partial charge in [0.15, 0.2) is 0 Å². The van der Waals surface area contributed by atoms with Gasteiger partial charge in [-0.1, -0.05) is 11.6 Å². The van der Waals surface area contributed by atoms with Crippen LogP contribution in [0.2, 0.25) is 5.02 Å². The summed E-state index contributed by atoms with van der Waals surface area (Å²) in [5.74, 6) is -1.50. The quantitative estimate of drug-likeness (QED) is 0.673. The van der Waals surface area contributed by atoms with Crippen LogP contribution < -0.4 is 5.32 Å². The summed E-state index contributed by atoms with van der Waals surface area (Å²) in [6.45, 7) is 0. The van der Waals surface area contributed by atoms with Gasteiger partial charge in [-0.05, 0) is 18.2 Å². The number of methoxy groups -OCH3 is 2. The Bertz CT molecular complexity index is 605. The number of hydrogen-bond donors (Lipinski definition) is 1.